The molecule has 0 saturated carbocycles. The lowest BCUT2D eigenvalue weighted by atomic mass is 9.66. The number of hydrogen-bond acceptors (Lipinski definition) is 4. The number of Topliss-reactive ketones (excluding diaryl/α,β-unsaturated/α-hetero) is 1. The predicted molar refractivity (Wildman–Crippen MR) is 79.6 cm³/mol. The number of fused-ring (bicyclic) bond motifs is 1. The number of methoxy groups -OCH3 is 1. The summed E-state index contributed by atoms with van der Waals surface area (Å²) in [5, 5.41) is 8.79. The lowest BCUT2D eigenvalue weighted by Crippen LogP contribution is -2.39. The first-order valence-electron chi connectivity index (χ1n) is 7.50. The van der Waals surface area contributed by atoms with Crippen LogP contribution in [0.1, 0.15) is 48.0 Å². The zero-order chi connectivity index (χ0) is 17.0. The van der Waals surface area contributed by atoms with Crippen molar-refractivity contribution in [2.75, 3.05) is 7.11 Å². The van der Waals surface area contributed by atoms with Crippen LogP contribution in [-0.2, 0) is 20.7 Å². The van der Waals surface area contributed by atoms with Crippen molar-refractivity contribution in [3.63, 3.8) is 0 Å². The Morgan fingerprint density at radius 2 is 2.13 bits per heavy atom. The van der Waals surface area contributed by atoms with Crippen LogP contribution in [0.5, 0.6) is 0 Å². The van der Waals surface area contributed by atoms with Crippen molar-refractivity contribution in [3.8, 4) is 0 Å². The molecule has 1 aromatic rings. The molecule has 2 rings (SSSR count). The Hall–Kier alpha value is -2.24. The Morgan fingerprint density at radius 1 is 1.39 bits per heavy atom. The Balaban J connectivity index is 2.32. The molecule has 0 aromatic heterocycles. The number of ether oxygens (including phenoxy) is 1. The van der Waals surface area contributed by atoms with E-state index in [0.717, 1.165) is 0 Å². The fraction of sp³-hybridized carbons (Fsp3) is 0.471. The first kappa shape index (κ1) is 17.1. The van der Waals surface area contributed by atoms with Crippen molar-refractivity contribution < 1.29 is 28.6 Å². The number of carboxylic acids is 1. The summed E-state index contributed by atoms with van der Waals surface area (Å²) in [5.41, 5.74) is -0.352. The number of aliphatic carboxylic acids is 1. The minimum absolute atomic E-state index is 0.0772. The molecule has 5 nitrogen and oxygen atoms in total. The van der Waals surface area contributed by atoms with Gasteiger partial charge in [-0.1, -0.05) is 12.1 Å². The van der Waals surface area contributed by atoms with Crippen molar-refractivity contribution in [3.05, 3.63) is 35.1 Å². The van der Waals surface area contributed by atoms with Gasteiger partial charge in [0.2, 0.25) is 0 Å². The molecule has 0 saturated heterocycles. The highest BCUT2D eigenvalue weighted by atomic mass is 19.1. The van der Waals surface area contributed by atoms with Crippen LogP contribution in [0, 0.1) is 11.2 Å². The molecule has 0 heterocycles. The molecular formula is C17H19FO5. The molecule has 1 N–H and O–H groups in total. The summed E-state index contributed by atoms with van der Waals surface area (Å²) in [4.78, 5) is 35.4. The molecule has 124 valence electrons. The standard InChI is InChI=1S/C17H19FO5/c1-23-15(21)10-17(8-3-6-14(19)20)9-7-11-12(16(17)22)4-2-5-13(11)18/h2,4-5H,3,6-10H2,1H3,(H,19,20). The zero-order valence-electron chi connectivity index (χ0n) is 12.9. The highest BCUT2D eigenvalue weighted by Crippen LogP contribution is 2.43. The average Bonchev–Trinajstić information content (AvgIpc) is 2.51. The van der Waals surface area contributed by atoms with Crippen molar-refractivity contribution in [2.24, 2.45) is 5.41 Å². The fourth-order valence-corrected chi connectivity index (χ4v) is 3.21. The molecule has 23 heavy (non-hydrogen) atoms. The number of carbonyl (C=O) groups is 3. The first-order chi connectivity index (χ1) is 10.9. The van der Waals surface area contributed by atoms with Gasteiger partial charge in [-0.3, -0.25) is 14.4 Å². The third-order valence-corrected chi connectivity index (χ3v) is 4.46. The van der Waals surface area contributed by atoms with Gasteiger partial charge in [0.25, 0.3) is 0 Å². The SMILES string of the molecule is COC(=O)CC1(CCCC(=O)O)CCc2c(F)cccc2C1=O. The van der Waals surface area contributed by atoms with Crippen LogP contribution in [0.4, 0.5) is 4.39 Å². The Morgan fingerprint density at radius 3 is 2.78 bits per heavy atom. The lowest BCUT2D eigenvalue weighted by molar-refractivity contribution is -0.143. The molecular weight excluding hydrogens is 303 g/mol. The van der Waals surface area contributed by atoms with Crippen LogP contribution in [0.25, 0.3) is 0 Å². The third-order valence-electron chi connectivity index (χ3n) is 4.46. The topological polar surface area (TPSA) is 80.7 Å². The van der Waals surface area contributed by atoms with E-state index in [4.69, 9.17) is 5.11 Å². The second-order valence-electron chi connectivity index (χ2n) is 5.88. The van der Waals surface area contributed by atoms with E-state index >= 15 is 0 Å². The quantitative estimate of drug-likeness (QED) is 0.815. The Labute approximate surface area is 133 Å². The van der Waals surface area contributed by atoms with E-state index in [1.807, 2.05) is 0 Å². The van der Waals surface area contributed by atoms with Crippen LogP contribution in [0.2, 0.25) is 0 Å². The number of rotatable bonds is 6. The number of esters is 1. The van der Waals surface area contributed by atoms with E-state index in [1.54, 1.807) is 6.07 Å². The van der Waals surface area contributed by atoms with E-state index in [2.05, 4.69) is 4.74 Å². The van der Waals surface area contributed by atoms with Gasteiger partial charge in [0.05, 0.1) is 13.5 Å². The number of ketones is 1. The first-order valence-corrected chi connectivity index (χ1v) is 7.50. The van der Waals surface area contributed by atoms with Gasteiger partial charge in [0.15, 0.2) is 5.78 Å². The summed E-state index contributed by atoms with van der Waals surface area (Å²) in [6, 6.07) is 4.34. The van der Waals surface area contributed by atoms with E-state index in [0.29, 0.717) is 18.4 Å². The Bertz CT molecular complexity index is 640. The molecule has 1 aliphatic carbocycles. The maximum absolute atomic E-state index is 13.9. The van der Waals surface area contributed by atoms with Crippen LogP contribution in [-0.4, -0.2) is 29.9 Å². The molecule has 1 aliphatic rings. The van der Waals surface area contributed by atoms with Crippen molar-refractivity contribution in [1.82, 2.24) is 0 Å². The fourth-order valence-electron chi connectivity index (χ4n) is 3.21. The number of halogens is 1. The highest BCUT2D eigenvalue weighted by Gasteiger charge is 2.44. The smallest absolute Gasteiger partial charge is 0.306 e. The van der Waals surface area contributed by atoms with Gasteiger partial charge in [-0.15, -0.1) is 0 Å². The van der Waals surface area contributed by atoms with Crippen LogP contribution >= 0.6 is 0 Å². The lowest BCUT2D eigenvalue weighted by Gasteiger charge is -2.36. The van der Waals surface area contributed by atoms with Gasteiger partial charge < -0.3 is 9.84 Å². The average molecular weight is 322 g/mol. The van der Waals surface area contributed by atoms with Gasteiger partial charge in [-0.2, -0.15) is 0 Å². The normalized spacial score (nSPS) is 20.0. The minimum Gasteiger partial charge on any atom is -0.481 e. The van der Waals surface area contributed by atoms with Crippen LogP contribution < -0.4 is 0 Å². The van der Waals surface area contributed by atoms with Gasteiger partial charge in [0, 0.05) is 17.4 Å². The summed E-state index contributed by atoms with van der Waals surface area (Å²) in [6.07, 6.45) is 1.02. The molecule has 1 unspecified atom stereocenters. The summed E-state index contributed by atoms with van der Waals surface area (Å²) >= 11 is 0. The summed E-state index contributed by atoms with van der Waals surface area (Å²) in [5.74, 6) is -2.19. The van der Waals surface area contributed by atoms with Crippen LogP contribution in [0.15, 0.2) is 18.2 Å². The van der Waals surface area contributed by atoms with E-state index in [-0.39, 0.29) is 37.0 Å². The van der Waals surface area contributed by atoms with Gasteiger partial charge in [-0.25, -0.2) is 4.39 Å². The Kier molecular flexibility index (Phi) is 5.13. The van der Waals surface area contributed by atoms with Crippen molar-refractivity contribution in [2.45, 2.75) is 38.5 Å². The van der Waals surface area contributed by atoms with Crippen molar-refractivity contribution in [1.29, 1.82) is 0 Å². The number of hydrogen-bond donors (Lipinski definition) is 1. The summed E-state index contributed by atoms with van der Waals surface area (Å²) in [7, 11) is 1.24. The molecule has 1 aromatic carbocycles. The molecule has 1 atom stereocenters. The maximum Gasteiger partial charge on any atom is 0.306 e. The molecule has 6 heteroatoms. The number of carbonyl (C=O) groups excluding carboxylic acids is 2. The summed E-state index contributed by atoms with van der Waals surface area (Å²) in [6.45, 7) is 0. The monoisotopic (exact) mass is 322 g/mol. The minimum atomic E-state index is -1.01. The van der Waals surface area contributed by atoms with Crippen LogP contribution in [0.3, 0.4) is 0 Å². The molecule has 0 aliphatic heterocycles. The van der Waals surface area contributed by atoms with Gasteiger partial charge in [0.1, 0.15) is 5.82 Å². The van der Waals surface area contributed by atoms with Gasteiger partial charge in [-0.05, 0) is 37.3 Å². The zero-order valence-corrected chi connectivity index (χ0v) is 12.9. The highest BCUT2D eigenvalue weighted by molar-refractivity contribution is 6.04. The van der Waals surface area contributed by atoms with E-state index in [9.17, 15) is 18.8 Å². The van der Waals surface area contributed by atoms with E-state index < -0.39 is 23.2 Å². The molecule has 0 amide bonds. The molecule has 0 bridgehead atoms. The van der Waals surface area contributed by atoms with Crippen molar-refractivity contribution >= 4 is 17.7 Å². The van der Waals surface area contributed by atoms with E-state index in [1.165, 1.54) is 19.2 Å². The molecule has 0 fully saturated rings. The molecule has 0 spiro atoms. The number of carboxylic acid groups (broad SMARTS) is 1. The molecule has 0 radical (unpaired) electrons. The largest absolute Gasteiger partial charge is 0.481 e. The summed E-state index contributed by atoms with van der Waals surface area (Å²) < 4.78 is 18.5. The van der Waals surface area contributed by atoms with Gasteiger partial charge >= 0.3 is 11.9 Å². The maximum atomic E-state index is 13.9. The second kappa shape index (κ2) is 6.89. The third kappa shape index (κ3) is 3.57. The second-order valence-corrected chi connectivity index (χ2v) is 5.88. The predicted octanol–water partition coefficient (Wildman–Crippen LogP) is 2.76. The number of benzene rings is 1.